The van der Waals surface area contributed by atoms with Gasteiger partial charge in [0, 0.05) is 10.1 Å². The predicted molar refractivity (Wildman–Crippen MR) is 81.7 cm³/mol. The van der Waals surface area contributed by atoms with E-state index in [0.29, 0.717) is 11.3 Å². The molecule has 18 heavy (non-hydrogen) atoms. The number of amidine groups is 1. The number of nitrogens with one attached hydrogen (secondary N) is 1. The molecule has 0 saturated carbocycles. The fraction of sp³-hybridized carbons (Fsp3) is 0.643. The molecule has 1 aromatic heterocycles. The van der Waals surface area contributed by atoms with Gasteiger partial charge in [0.1, 0.15) is 0 Å². The number of thioether (sulfide) groups is 1. The van der Waals surface area contributed by atoms with Crippen molar-refractivity contribution < 1.29 is 0 Å². The van der Waals surface area contributed by atoms with Gasteiger partial charge in [-0.05, 0) is 42.7 Å². The Morgan fingerprint density at radius 2 is 2.44 bits per heavy atom. The van der Waals surface area contributed by atoms with Gasteiger partial charge in [-0.3, -0.25) is 4.99 Å². The van der Waals surface area contributed by atoms with Crippen molar-refractivity contribution in [2.24, 2.45) is 4.99 Å². The first kappa shape index (κ1) is 12.5. The van der Waals surface area contributed by atoms with Gasteiger partial charge in [0.25, 0.3) is 0 Å². The van der Waals surface area contributed by atoms with Crippen LogP contribution in [0.3, 0.4) is 0 Å². The monoisotopic (exact) mass is 280 g/mol. The molecule has 4 heteroatoms. The summed E-state index contributed by atoms with van der Waals surface area (Å²) < 4.78 is 0. The Morgan fingerprint density at radius 1 is 1.50 bits per heavy atom. The van der Waals surface area contributed by atoms with Crippen LogP contribution in [-0.4, -0.2) is 17.0 Å². The highest BCUT2D eigenvalue weighted by Gasteiger charge is 2.25. The fourth-order valence-corrected chi connectivity index (χ4v) is 4.92. The standard InChI is InChI=1S/C14H20N2S2/c1-2-4-10-9-15-14(18-10)16-12-5-3-6-13-11(12)7-8-17-13/h7-8,10,12H,2-6,9H2,1H3,(H,15,16). The molecule has 2 atom stereocenters. The topological polar surface area (TPSA) is 24.4 Å². The van der Waals surface area contributed by atoms with E-state index in [-0.39, 0.29) is 0 Å². The maximum Gasteiger partial charge on any atom is 0.157 e. The quantitative estimate of drug-likeness (QED) is 0.905. The number of nitrogens with zero attached hydrogens (tertiary/aromatic N) is 1. The van der Waals surface area contributed by atoms with E-state index in [0.717, 1.165) is 6.54 Å². The van der Waals surface area contributed by atoms with E-state index in [1.807, 2.05) is 23.1 Å². The predicted octanol–water partition coefficient (Wildman–Crippen LogP) is 3.99. The van der Waals surface area contributed by atoms with Crippen molar-refractivity contribution >= 4 is 28.3 Å². The molecule has 1 aliphatic heterocycles. The van der Waals surface area contributed by atoms with Crippen LogP contribution >= 0.6 is 23.1 Å². The summed E-state index contributed by atoms with van der Waals surface area (Å²) in [6.07, 6.45) is 6.37. The minimum absolute atomic E-state index is 0.506. The number of fused-ring (bicyclic) bond motifs is 1. The summed E-state index contributed by atoms with van der Waals surface area (Å²) in [5.41, 5.74) is 1.52. The van der Waals surface area contributed by atoms with Crippen molar-refractivity contribution in [2.45, 2.75) is 50.3 Å². The number of aryl methyl sites for hydroxylation is 1. The molecule has 3 rings (SSSR count). The Morgan fingerprint density at radius 3 is 3.33 bits per heavy atom. The molecular weight excluding hydrogens is 260 g/mol. The molecule has 2 heterocycles. The molecule has 98 valence electrons. The van der Waals surface area contributed by atoms with Crippen molar-refractivity contribution in [1.82, 2.24) is 5.32 Å². The van der Waals surface area contributed by atoms with Gasteiger partial charge < -0.3 is 5.32 Å². The van der Waals surface area contributed by atoms with Gasteiger partial charge in [0.2, 0.25) is 0 Å². The Labute approximate surface area is 117 Å². The second kappa shape index (κ2) is 5.66. The van der Waals surface area contributed by atoms with Gasteiger partial charge in [-0.1, -0.05) is 25.1 Å². The van der Waals surface area contributed by atoms with E-state index in [9.17, 15) is 0 Å². The lowest BCUT2D eigenvalue weighted by atomic mass is 9.94. The van der Waals surface area contributed by atoms with Gasteiger partial charge in [0.05, 0.1) is 12.6 Å². The molecule has 0 aromatic carbocycles. The van der Waals surface area contributed by atoms with Crippen molar-refractivity contribution in [1.29, 1.82) is 0 Å². The maximum absolute atomic E-state index is 4.66. The molecule has 0 fully saturated rings. The molecule has 0 spiro atoms. The van der Waals surface area contributed by atoms with Crippen LogP contribution in [0, 0.1) is 0 Å². The van der Waals surface area contributed by atoms with Crippen LogP contribution < -0.4 is 5.32 Å². The van der Waals surface area contributed by atoms with Gasteiger partial charge in [-0.25, -0.2) is 0 Å². The number of rotatable bonds is 3. The minimum Gasteiger partial charge on any atom is -0.358 e. The zero-order chi connectivity index (χ0) is 12.4. The summed E-state index contributed by atoms with van der Waals surface area (Å²) in [5.74, 6) is 0. The van der Waals surface area contributed by atoms with Crippen LogP contribution in [0.1, 0.15) is 49.1 Å². The van der Waals surface area contributed by atoms with Gasteiger partial charge in [-0.15, -0.1) is 11.3 Å². The highest BCUT2D eigenvalue weighted by molar-refractivity contribution is 8.14. The Hall–Kier alpha value is -0.480. The lowest BCUT2D eigenvalue weighted by molar-refractivity contribution is 0.536. The van der Waals surface area contributed by atoms with E-state index in [1.165, 1.54) is 42.8 Å². The van der Waals surface area contributed by atoms with Gasteiger partial charge in [-0.2, -0.15) is 0 Å². The third-order valence-electron chi connectivity index (χ3n) is 3.68. The highest BCUT2D eigenvalue weighted by atomic mass is 32.2. The lowest BCUT2D eigenvalue weighted by Crippen LogP contribution is -2.27. The second-order valence-corrected chi connectivity index (χ2v) is 7.35. The van der Waals surface area contributed by atoms with Crippen LogP contribution in [0.2, 0.25) is 0 Å². The smallest absolute Gasteiger partial charge is 0.157 e. The number of hydrogen-bond donors (Lipinski definition) is 1. The zero-order valence-electron chi connectivity index (χ0n) is 10.8. The van der Waals surface area contributed by atoms with E-state index in [4.69, 9.17) is 0 Å². The molecule has 2 unspecified atom stereocenters. The molecule has 1 N–H and O–H groups in total. The van der Waals surface area contributed by atoms with Crippen LogP contribution in [0.25, 0.3) is 0 Å². The third-order valence-corrected chi connectivity index (χ3v) is 5.86. The summed E-state index contributed by atoms with van der Waals surface area (Å²) >= 11 is 3.86. The Kier molecular flexibility index (Phi) is 3.94. The van der Waals surface area contributed by atoms with Crippen molar-refractivity contribution in [3.05, 3.63) is 21.9 Å². The third kappa shape index (κ3) is 2.59. The number of hydrogen-bond acceptors (Lipinski definition) is 4. The summed E-state index contributed by atoms with van der Waals surface area (Å²) in [6, 6.07) is 2.80. The van der Waals surface area contributed by atoms with E-state index < -0.39 is 0 Å². The highest BCUT2D eigenvalue weighted by Crippen LogP contribution is 2.34. The number of aliphatic imine (C=N–C) groups is 1. The normalized spacial score (nSPS) is 26.8. The molecule has 1 aliphatic carbocycles. The second-order valence-electron chi connectivity index (χ2n) is 5.06. The molecule has 0 bridgehead atoms. The maximum atomic E-state index is 4.66. The minimum atomic E-state index is 0.506. The van der Waals surface area contributed by atoms with Crippen molar-refractivity contribution in [2.75, 3.05) is 6.54 Å². The summed E-state index contributed by atoms with van der Waals surface area (Å²) in [6.45, 7) is 3.26. The molecule has 1 aromatic rings. The van der Waals surface area contributed by atoms with Crippen molar-refractivity contribution in [3.8, 4) is 0 Å². The zero-order valence-corrected chi connectivity index (χ0v) is 12.4. The molecule has 0 saturated heterocycles. The van der Waals surface area contributed by atoms with Crippen LogP contribution in [0.15, 0.2) is 16.4 Å². The molecular formula is C14H20N2S2. The summed E-state index contributed by atoms with van der Waals surface area (Å²) in [4.78, 5) is 6.24. The SMILES string of the molecule is CCCC1CN=C(NC2CCCc3sccc32)S1. The largest absolute Gasteiger partial charge is 0.358 e. The van der Waals surface area contributed by atoms with Gasteiger partial charge >= 0.3 is 0 Å². The first-order chi connectivity index (χ1) is 8.86. The Balaban J connectivity index is 1.62. The van der Waals surface area contributed by atoms with E-state index in [1.54, 1.807) is 4.88 Å². The Bertz CT molecular complexity index is 439. The molecule has 0 amide bonds. The molecule has 0 radical (unpaired) electrons. The van der Waals surface area contributed by atoms with E-state index >= 15 is 0 Å². The lowest BCUT2D eigenvalue weighted by Gasteiger charge is -2.24. The number of thiophene rings is 1. The molecule has 2 aliphatic rings. The summed E-state index contributed by atoms with van der Waals surface area (Å²) in [5, 5.41) is 7.79. The summed E-state index contributed by atoms with van der Waals surface area (Å²) in [7, 11) is 0. The average molecular weight is 280 g/mol. The average Bonchev–Trinajstić information content (AvgIpc) is 2.99. The van der Waals surface area contributed by atoms with E-state index in [2.05, 4.69) is 28.7 Å². The van der Waals surface area contributed by atoms with Crippen molar-refractivity contribution in [3.63, 3.8) is 0 Å². The van der Waals surface area contributed by atoms with Crippen LogP contribution in [0.4, 0.5) is 0 Å². The van der Waals surface area contributed by atoms with Crippen LogP contribution in [-0.2, 0) is 6.42 Å². The first-order valence-electron chi connectivity index (χ1n) is 6.90. The molecule has 2 nitrogen and oxygen atoms in total. The first-order valence-corrected chi connectivity index (χ1v) is 8.66. The van der Waals surface area contributed by atoms with Gasteiger partial charge in [0.15, 0.2) is 5.17 Å². The van der Waals surface area contributed by atoms with Crippen LogP contribution in [0.5, 0.6) is 0 Å². The fourth-order valence-electron chi connectivity index (χ4n) is 2.75.